The van der Waals surface area contributed by atoms with Crippen molar-refractivity contribution in [2.75, 3.05) is 20.2 Å². The highest BCUT2D eigenvalue weighted by Crippen LogP contribution is 2.24. The van der Waals surface area contributed by atoms with Gasteiger partial charge in [0.05, 0.1) is 19.5 Å². The number of methoxy groups -OCH3 is 1. The molecule has 1 saturated heterocycles. The van der Waals surface area contributed by atoms with Crippen LogP contribution in [0.15, 0.2) is 78.9 Å². The average Bonchev–Trinajstić information content (AvgIpc) is 3.52. The topological polar surface area (TPSA) is 44.5 Å². The lowest BCUT2D eigenvalue weighted by molar-refractivity contribution is 0.249. The molecule has 0 amide bonds. The van der Waals surface area contributed by atoms with E-state index >= 15 is 0 Å². The third-order valence-corrected chi connectivity index (χ3v) is 6.49. The van der Waals surface area contributed by atoms with Crippen molar-refractivity contribution in [2.45, 2.75) is 26.1 Å². The lowest BCUT2D eigenvalue weighted by atomic mass is 10.1. The summed E-state index contributed by atoms with van der Waals surface area (Å²) < 4.78 is 16.0. The maximum absolute atomic E-state index is 6.15. The van der Waals surface area contributed by atoms with Crippen molar-refractivity contribution in [1.29, 1.82) is 0 Å². The molecule has 0 atom stereocenters. The molecule has 34 heavy (non-hydrogen) atoms. The number of ether oxygens (including phenoxy) is 2. The molecule has 1 aliphatic rings. The summed E-state index contributed by atoms with van der Waals surface area (Å²) in [5.74, 6) is 2.36. The highest BCUT2D eigenvalue weighted by atomic mass is 32.1. The second-order valence-corrected chi connectivity index (χ2v) is 8.74. The zero-order valence-corrected chi connectivity index (χ0v) is 20.1. The molecule has 1 aliphatic heterocycles. The van der Waals surface area contributed by atoms with Crippen molar-refractivity contribution in [2.24, 2.45) is 0 Å². The van der Waals surface area contributed by atoms with E-state index in [9.17, 15) is 0 Å². The van der Waals surface area contributed by atoms with Crippen molar-refractivity contribution < 1.29 is 9.47 Å². The minimum atomic E-state index is 0.313. The van der Waals surface area contributed by atoms with Crippen LogP contribution in [0.5, 0.6) is 11.5 Å². The van der Waals surface area contributed by atoms with E-state index in [1.807, 2.05) is 63.8 Å². The van der Waals surface area contributed by atoms with Crippen LogP contribution >= 0.6 is 12.2 Å². The van der Waals surface area contributed by atoms with Gasteiger partial charge in [-0.25, -0.2) is 4.68 Å². The molecule has 4 aromatic rings. The number of rotatable bonds is 8. The number of hydrogen-bond donors (Lipinski definition) is 0. The van der Waals surface area contributed by atoms with E-state index in [2.05, 4.69) is 29.2 Å². The monoisotopic (exact) mass is 472 g/mol. The van der Waals surface area contributed by atoms with E-state index in [1.165, 1.54) is 18.4 Å². The van der Waals surface area contributed by atoms with Gasteiger partial charge in [0.15, 0.2) is 5.82 Å². The summed E-state index contributed by atoms with van der Waals surface area (Å²) in [6, 6.07) is 26.3. The van der Waals surface area contributed by atoms with Crippen molar-refractivity contribution in [3.8, 4) is 28.3 Å². The molecule has 3 aromatic carbocycles. The van der Waals surface area contributed by atoms with Crippen molar-refractivity contribution in [3.05, 3.63) is 89.5 Å². The Bertz CT molecular complexity index is 1280. The Morgan fingerprint density at radius 3 is 2.15 bits per heavy atom. The van der Waals surface area contributed by atoms with Crippen LogP contribution < -0.4 is 9.47 Å². The molecule has 7 heteroatoms. The van der Waals surface area contributed by atoms with Crippen molar-refractivity contribution in [1.82, 2.24) is 19.2 Å². The molecule has 0 unspecified atom stereocenters. The van der Waals surface area contributed by atoms with Crippen LogP contribution in [-0.2, 0) is 13.3 Å². The van der Waals surface area contributed by atoms with Gasteiger partial charge in [-0.3, -0.25) is 9.47 Å². The largest absolute Gasteiger partial charge is 0.497 e. The summed E-state index contributed by atoms with van der Waals surface area (Å²) in [6.07, 6.45) is 2.45. The number of benzene rings is 3. The first-order chi connectivity index (χ1) is 16.7. The minimum absolute atomic E-state index is 0.313. The fraction of sp³-hybridized carbons (Fsp3) is 0.259. The van der Waals surface area contributed by atoms with Gasteiger partial charge in [0.1, 0.15) is 18.1 Å². The molecule has 1 aromatic heterocycles. The predicted octanol–water partition coefficient (Wildman–Crippen LogP) is 5.71. The molecule has 0 N–H and O–H groups in total. The summed E-state index contributed by atoms with van der Waals surface area (Å²) in [7, 11) is 1.66. The van der Waals surface area contributed by atoms with Gasteiger partial charge in [0.25, 0.3) is 0 Å². The first kappa shape index (κ1) is 22.4. The fourth-order valence-electron chi connectivity index (χ4n) is 4.26. The van der Waals surface area contributed by atoms with Crippen LogP contribution in [-0.4, -0.2) is 39.4 Å². The zero-order valence-electron chi connectivity index (χ0n) is 19.3. The van der Waals surface area contributed by atoms with Gasteiger partial charge in [0.2, 0.25) is 4.77 Å². The maximum atomic E-state index is 6.15. The third-order valence-electron chi connectivity index (χ3n) is 6.10. The Morgan fingerprint density at radius 2 is 1.47 bits per heavy atom. The predicted molar refractivity (Wildman–Crippen MR) is 136 cm³/mol. The van der Waals surface area contributed by atoms with Gasteiger partial charge in [0, 0.05) is 0 Å². The molecule has 0 radical (unpaired) electrons. The van der Waals surface area contributed by atoms with E-state index in [0.717, 1.165) is 41.7 Å². The van der Waals surface area contributed by atoms with E-state index < -0.39 is 0 Å². The smallest absolute Gasteiger partial charge is 0.203 e. The van der Waals surface area contributed by atoms with E-state index in [4.69, 9.17) is 26.8 Å². The standard InChI is InChI=1S/C27H28N4O2S/c1-32-24-15-11-23(12-16-24)31-26(28-30(27(31)34)20-29-17-5-6-18-29)19-33-25-13-9-22(10-14-25)21-7-3-2-4-8-21/h2-4,7-16H,5-6,17-20H2,1H3. The SMILES string of the molecule is COc1ccc(-n2c(COc3ccc(-c4ccccc4)cc3)nn(CN3CCCC3)c2=S)cc1. The van der Waals surface area contributed by atoms with Crippen LogP contribution in [0.25, 0.3) is 16.8 Å². The van der Waals surface area contributed by atoms with E-state index in [1.54, 1.807) is 7.11 Å². The second-order valence-electron chi connectivity index (χ2n) is 8.38. The molecule has 1 fully saturated rings. The molecule has 0 aliphatic carbocycles. The fourth-order valence-corrected chi connectivity index (χ4v) is 4.57. The molecule has 0 bridgehead atoms. The molecule has 2 heterocycles. The molecule has 174 valence electrons. The number of hydrogen-bond acceptors (Lipinski definition) is 5. The van der Waals surface area contributed by atoms with Crippen LogP contribution in [0.3, 0.4) is 0 Å². The Hall–Kier alpha value is -3.42. The number of likely N-dealkylation sites (tertiary alicyclic amines) is 1. The number of aromatic nitrogens is 3. The first-order valence-electron chi connectivity index (χ1n) is 11.5. The van der Waals surface area contributed by atoms with Gasteiger partial charge in [-0.2, -0.15) is 5.10 Å². The summed E-state index contributed by atoms with van der Waals surface area (Å²) in [6.45, 7) is 3.17. The molecular formula is C27H28N4O2S. The van der Waals surface area contributed by atoms with Gasteiger partial charge in [-0.05, 0) is 85.7 Å². The highest BCUT2D eigenvalue weighted by molar-refractivity contribution is 7.71. The van der Waals surface area contributed by atoms with Gasteiger partial charge in [-0.1, -0.05) is 42.5 Å². The molecular weight excluding hydrogens is 444 g/mol. The van der Waals surface area contributed by atoms with Crippen LogP contribution in [0, 0.1) is 4.77 Å². The van der Waals surface area contributed by atoms with Crippen molar-refractivity contribution >= 4 is 12.2 Å². The zero-order chi connectivity index (χ0) is 23.3. The van der Waals surface area contributed by atoms with Crippen LogP contribution in [0.2, 0.25) is 0 Å². The molecule has 5 rings (SSSR count). The van der Waals surface area contributed by atoms with E-state index in [0.29, 0.717) is 18.0 Å². The molecule has 0 spiro atoms. The first-order valence-corrected chi connectivity index (χ1v) is 12.0. The number of nitrogens with zero attached hydrogens (tertiary/aromatic N) is 4. The Morgan fingerprint density at radius 1 is 0.824 bits per heavy atom. The average molecular weight is 473 g/mol. The van der Waals surface area contributed by atoms with Gasteiger partial charge >= 0.3 is 0 Å². The van der Waals surface area contributed by atoms with Gasteiger partial charge < -0.3 is 9.47 Å². The van der Waals surface area contributed by atoms with Crippen LogP contribution in [0.1, 0.15) is 18.7 Å². The van der Waals surface area contributed by atoms with E-state index in [-0.39, 0.29) is 0 Å². The lowest BCUT2D eigenvalue weighted by Gasteiger charge is -2.13. The van der Waals surface area contributed by atoms with Gasteiger partial charge in [-0.15, -0.1) is 0 Å². The summed E-state index contributed by atoms with van der Waals surface area (Å²) in [5, 5.41) is 4.85. The second kappa shape index (κ2) is 10.2. The highest BCUT2D eigenvalue weighted by Gasteiger charge is 2.18. The summed E-state index contributed by atoms with van der Waals surface area (Å²) in [4.78, 5) is 2.38. The summed E-state index contributed by atoms with van der Waals surface area (Å²) in [5.41, 5.74) is 3.28. The third kappa shape index (κ3) is 4.90. The lowest BCUT2D eigenvalue weighted by Crippen LogP contribution is -2.23. The van der Waals surface area contributed by atoms with Crippen LogP contribution in [0.4, 0.5) is 0 Å². The Labute approximate surface area is 205 Å². The Balaban J connectivity index is 1.39. The normalized spacial score (nSPS) is 13.8. The molecule has 0 saturated carbocycles. The minimum Gasteiger partial charge on any atom is -0.497 e. The Kier molecular flexibility index (Phi) is 6.74. The molecule has 6 nitrogen and oxygen atoms in total. The quantitative estimate of drug-likeness (QED) is 0.307. The van der Waals surface area contributed by atoms with Crippen molar-refractivity contribution in [3.63, 3.8) is 0 Å². The summed E-state index contributed by atoms with van der Waals surface area (Å²) >= 11 is 5.84. The maximum Gasteiger partial charge on any atom is 0.203 e.